The van der Waals surface area contributed by atoms with Crippen molar-refractivity contribution in [2.45, 2.75) is 50.9 Å². The van der Waals surface area contributed by atoms with E-state index in [9.17, 15) is 0 Å². The second kappa shape index (κ2) is 5.92. The fourth-order valence-corrected chi connectivity index (χ4v) is 3.39. The van der Waals surface area contributed by atoms with Crippen LogP contribution in [0, 0.1) is 13.8 Å². The Kier molecular flexibility index (Phi) is 4.52. The Labute approximate surface area is 109 Å². The molecule has 0 bridgehead atoms. The van der Waals surface area contributed by atoms with Gasteiger partial charge in [0, 0.05) is 17.8 Å². The molecule has 0 radical (unpaired) electrons. The molecule has 2 atom stereocenters. The Morgan fingerprint density at radius 1 is 1.29 bits per heavy atom. The average molecular weight is 249 g/mol. The van der Waals surface area contributed by atoms with E-state index in [0.29, 0.717) is 0 Å². The molecule has 0 amide bonds. The summed E-state index contributed by atoms with van der Waals surface area (Å²) < 4.78 is 0. The quantitative estimate of drug-likeness (QED) is 0.873. The molecule has 0 spiro atoms. The fourth-order valence-electron chi connectivity index (χ4n) is 2.60. The molecule has 2 heteroatoms. The first-order valence-corrected chi connectivity index (χ1v) is 7.80. The van der Waals surface area contributed by atoms with E-state index in [1.165, 1.54) is 36.0 Å². The van der Waals surface area contributed by atoms with Crippen LogP contribution in [0.3, 0.4) is 0 Å². The molecule has 94 valence electrons. The summed E-state index contributed by atoms with van der Waals surface area (Å²) in [5, 5.41) is 4.60. The third-order valence-corrected chi connectivity index (χ3v) is 5.11. The van der Waals surface area contributed by atoms with Crippen molar-refractivity contribution in [2.75, 3.05) is 6.26 Å². The molecule has 1 aliphatic rings. The van der Waals surface area contributed by atoms with Gasteiger partial charge in [-0.25, -0.2) is 0 Å². The molecule has 0 aliphatic heterocycles. The van der Waals surface area contributed by atoms with Crippen molar-refractivity contribution < 1.29 is 0 Å². The first-order chi connectivity index (χ1) is 8.20. The van der Waals surface area contributed by atoms with Crippen molar-refractivity contribution in [2.24, 2.45) is 0 Å². The van der Waals surface area contributed by atoms with Gasteiger partial charge >= 0.3 is 0 Å². The molecule has 2 unspecified atom stereocenters. The highest BCUT2D eigenvalue weighted by Gasteiger charge is 2.23. The predicted octanol–water partition coefficient (Wildman–Crippen LogP) is 3.68. The zero-order valence-electron chi connectivity index (χ0n) is 11.1. The maximum Gasteiger partial charge on any atom is 0.0210 e. The largest absolute Gasteiger partial charge is 0.310 e. The third-order valence-electron chi connectivity index (χ3n) is 4.02. The molecule has 0 saturated heterocycles. The van der Waals surface area contributed by atoms with Gasteiger partial charge in [-0.2, -0.15) is 11.8 Å². The van der Waals surface area contributed by atoms with Crippen LogP contribution in [-0.4, -0.2) is 17.5 Å². The zero-order chi connectivity index (χ0) is 12.3. The molecule has 0 aromatic heterocycles. The molecule has 17 heavy (non-hydrogen) atoms. The molecule has 1 nitrogen and oxygen atoms in total. The minimum absolute atomic E-state index is 0.729. The van der Waals surface area contributed by atoms with E-state index in [4.69, 9.17) is 0 Å². The van der Waals surface area contributed by atoms with E-state index in [1.807, 2.05) is 11.8 Å². The maximum atomic E-state index is 3.72. The lowest BCUT2D eigenvalue weighted by molar-refractivity contribution is 0.524. The molecule has 2 rings (SSSR count). The lowest BCUT2D eigenvalue weighted by atomic mass is 10.0. The van der Waals surface area contributed by atoms with Crippen LogP contribution in [0.25, 0.3) is 0 Å². The van der Waals surface area contributed by atoms with Gasteiger partial charge in [-0.3, -0.25) is 0 Å². The molecule has 1 aromatic carbocycles. The number of hydrogen-bond donors (Lipinski definition) is 1. The highest BCUT2D eigenvalue weighted by molar-refractivity contribution is 7.99. The summed E-state index contributed by atoms with van der Waals surface area (Å²) in [6.45, 7) is 5.45. The molecule has 0 heterocycles. The van der Waals surface area contributed by atoms with E-state index >= 15 is 0 Å². The Balaban J connectivity index is 1.88. The molecule has 1 saturated carbocycles. The molecule has 1 fully saturated rings. The lowest BCUT2D eigenvalue weighted by Crippen LogP contribution is -2.26. The van der Waals surface area contributed by atoms with Crippen LogP contribution in [0.4, 0.5) is 0 Å². The summed E-state index contributed by atoms with van der Waals surface area (Å²) in [7, 11) is 0. The first-order valence-electron chi connectivity index (χ1n) is 6.52. The zero-order valence-corrected chi connectivity index (χ0v) is 11.9. The Morgan fingerprint density at radius 2 is 2.12 bits per heavy atom. The second-order valence-electron chi connectivity index (χ2n) is 5.11. The summed E-state index contributed by atoms with van der Waals surface area (Å²) in [6, 6.07) is 7.33. The normalized spacial score (nSPS) is 24.2. The van der Waals surface area contributed by atoms with Crippen LogP contribution in [0.5, 0.6) is 0 Å². The summed E-state index contributed by atoms with van der Waals surface area (Å²) in [6.07, 6.45) is 6.30. The second-order valence-corrected chi connectivity index (χ2v) is 6.25. The van der Waals surface area contributed by atoms with Gasteiger partial charge in [0.25, 0.3) is 0 Å². The monoisotopic (exact) mass is 249 g/mol. The predicted molar refractivity (Wildman–Crippen MR) is 77.7 cm³/mol. The molecule has 1 aromatic rings. The van der Waals surface area contributed by atoms with Gasteiger partial charge in [0.2, 0.25) is 0 Å². The van der Waals surface area contributed by atoms with E-state index < -0.39 is 0 Å². The van der Waals surface area contributed by atoms with Gasteiger partial charge < -0.3 is 5.32 Å². The fraction of sp³-hybridized carbons (Fsp3) is 0.600. The van der Waals surface area contributed by atoms with Crippen LogP contribution in [0.1, 0.15) is 36.0 Å². The van der Waals surface area contributed by atoms with E-state index in [1.54, 1.807) is 0 Å². The SMILES string of the molecule is CSC1CCC(NCc2cccc(C)c2C)C1. The van der Waals surface area contributed by atoms with Crippen LogP contribution in [0.15, 0.2) is 18.2 Å². The minimum atomic E-state index is 0.729. The van der Waals surface area contributed by atoms with E-state index in [2.05, 4.69) is 43.6 Å². The highest BCUT2D eigenvalue weighted by atomic mass is 32.2. The van der Waals surface area contributed by atoms with Gasteiger partial charge in [-0.15, -0.1) is 0 Å². The van der Waals surface area contributed by atoms with E-state index in [-0.39, 0.29) is 0 Å². The van der Waals surface area contributed by atoms with Crippen molar-refractivity contribution in [3.05, 3.63) is 34.9 Å². The van der Waals surface area contributed by atoms with Gasteiger partial charge in [0.05, 0.1) is 0 Å². The summed E-state index contributed by atoms with van der Waals surface area (Å²) >= 11 is 2.02. The third kappa shape index (κ3) is 3.26. The van der Waals surface area contributed by atoms with Crippen LogP contribution < -0.4 is 5.32 Å². The van der Waals surface area contributed by atoms with Gasteiger partial charge in [0.15, 0.2) is 0 Å². The van der Waals surface area contributed by atoms with Crippen LogP contribution in [0.2, 0.25) is 0 Å². The standard InChI is InChI=1S/C15H23NS/c1-11-5-4-6-13(12(11)2)10-16-14-7-8-15(9-14)17-3/h4-6,14-16H,7-10H2,1-3H3. The van der Waals surface area contributed by atoms with Crippen molar-refractivity contribution in [3.8, 4) is 0 Å². The number of aryl methyl sites for hydroxylation is 1. The summed E-state index contributed by atoms with van der Waals surface area (Å²) in [5.74, 6) is 0. The van der Waals surface area contributed by atoms with Crippen molar-refractivity contribution in [3.63, 3.8) is 0 Å². The van der Waals surface area contributed by atoms with Crippen molar-refractivity contribution >= 4 is 11.8 Å². The van der Waals surface area contributed by atoms with Gasteiger partial charge in [0.1, 0.15) is 0 Å². The number of thioether (sulfide) groups is 1. The number of rotatable bonds is 4. The Morgan fingerprint density at radius 3 is 2.82 bits per heavy atom. The van der Waals surface area contributed by atoms with Crippen LogP contribution >= 0.6 is 11.8 Å². The Hall–Kier alpha value is -0.470. The number of hydrogen-bond acceptors (Lipinski definition) is 2. The van der Waals surface area contributed by atoms with Crippen molar-refractivity contribution in [1.82, 2.24) is 5.32 Å². The molecular formula is C15H23NS. The summed E-state index contributed by atoms with van der Waals surface area (Å²) in [5.41, 5.74) is 4.30. The van der Waals surface area contributed by atoms with Crippen LogP contribution in [-0.2, 0) is 6.54 Å². The first kappa shape index (κ1) is 13.0. The maximum absolute atomic E-state index is 3.72. The van der Waals surface area contributed by atoms with Gasteiger partial charge in [-0.05, 0) is 56.1 Å². The molecule has 1 aliphatic carbocycles. The number of nitrogens with one attached hydrogen (secondary N) is 1. The number of benzene rings is 1. The lowest BCUT2D eigenvalue weighted by Gasteiger charge is -2.15. The minimum Gasteiger partial charge on any atom is -0.310 e. The highest BCUT2D eigenvalue weighted by Crippen LogP contribution is 2.28. The average Bonchev–Trinajstić information content (AvgIpc) is 2.79. The molecule has 1 N–H and O–H groups in total. The Bertz CT molecular complexity index is 375. The topological polar surface area (TPSA) is 12.0 Å². The smallest absolute Gasteiger partial charge is 0.0210 e. The summed E-state index contributed by atoms with van der Waals surface area (Å²) in [4.78, 5) is 0. The molecular weight excluding hydrogens is 226 g/mol. The van der Waals surface area contributed by atoms with Crippen molar-refractivity contribution in [1.29, 1.82) is 0 Å². The van der Waals surface area contributed by atoms with E-state index in [0.717, 1.165) is 17.8 Å². The van der Waals surface area contributed by atoms with Gasteiger partial charge in [-0.1, -0.05) is 18.2 Å².